The van der Waals surface area contributed by atoms with Gasteiger partial charge >= 0.3 is 0 Å². The highest BCUT2D eigenvalue weighted by atomic mass is 16.5. The van der Waals surface area contributed by atoms with Crippen molar-refractivity contribution in [3.63, 3.8) is 0 Å². The molecule has 0 atom stereocenters. The molecule has 0 aliphatic carbocycles. The van der Waals surface area contributed by atoms with Gasteiger partial charge in [-0.1, -0.05) is 30.3 Å². The molecule has 0 fully saturated rings. The highest BCUT2D eigenvalue weighted by Gasteiger charge is 2.11. The van der Waals surface area contributed by atoms with E-state index >= 15 is 0 Å². The van der Waals surface area contributed by atoms with E-state index in [-0.39, 0.29) is 12.5 Å². The molecule has 0 bridgehead atoms. The maximum absolute atomic E-state index is 12.5. The highest BCUT2D eigenvalue weighted by molar-refractivity contribution is 5.94. The minimum absolute atomic E-state index is 0.110. The molecule has 0 radical (unpaired) electrons. The Morgan fingerprint density at radius 3 is 2.55 bits per heavy atom. The van der Waals surface area contributed by atoms with E-state index in [1.165, 1.54) is 0 Å². The third kappa shape index (κ3) is 5.80. The van der Waals surface area contributed by atoms with Crippen LogP contribution in [0.15, 0.2) is 91.1 Å². The van der Waals surface area contributed by atoms with Crippen LogP contribution in [0.3, 0.4) is 0 Å². The first kappa shape index (κ1) is 21.7. The molecule has 4 N–H and O–H groups in total. The fourth-order valence-electron chi connectivity index (χ4n) is 3.28. The van der Waals surface area contributed by atoms with Crippen LogP contribution in [-0.4, -0.2) is 24.6 Å². The van der Waals surface area contributed by atoms with E-state index in [0.29, 0.717) is 28.7 Å². The molecule has 0 aliphatic rings. The number of hydrogen-bond donors (Lipinski definition) is 3. The topological polar surface area (TPSA) is 98.5 Å². The van der Waals surface area contributed by atoms with E-state index in [1.54, 1.807) is 25.4 Å². The maximum Gasteiger partial charge on any atom is 0.262 e. The van der Waals surface area contributed by atoms with Gasteiger partial charge in [-0.2, -0.15) is 0 Å². The SMILES string of the molecule is COc1ccc(-c2ccnc(Nc3cccc(N)c3)c2)cc1NC(=O)COc1ccccc1. The number of carbonyl (C=O) groups is 1. The first-order valence-electron chi connectivity index (χ1n) is 10.4. The van der Waals surface area contributed by atoms with Gasteiger partial charge in [-0.05, 0) is 65.7 Å². The second-order valence-electron chi connectivity index (χ2n) is 7.25. The lowest BCUT2D eigenvalue weighted by Gasteiger charge is -2.13. The average Bonchev–Trinajstić information content (AvgIpc) is 2.83. The zero-order valence-electron chi connectivity index (χ0n) is 18.1. The predicted octanol–water partition coefficient (Wildman–Crippen LogP) is 5.10. The van der Waals surface area contributed by atoms with E-state index in [4.69, 9.17) is 15.2 Å². The van der Waals surface area contributed by atoms with Gasteiger partial charge in [0, 0.05) is 17.6 Å². The van der Waals surface area contributed by atoms with Gasteiger partial charge < -0.3 is 25.8 Å². The average molecular weight is 441 g/mol. The molecule has 7 heteroatoms. The fourth-order valence-corrected chi connectivity index (χ4v) is 3.28. The molecule has 4 aromatic rings. The minimum Gasteiger partial charge on any atom is -0.495 e. The van der Waals surface area contributed by atoms with E-state index < -0.39 is 0 Å². The van der Waals surface area contributed by atoms with Crippen LogP contribution in [-0.2, 0) is 4.79 Å². The Hall–Kier alpha value is -4.52. The number of para-hydroxylation sites is 1. The molecule has 1 heterocycles. The number of hydrogen-bond acceptors (Lipinski definition) is 6. The lowest BCUT2D eigenvalue weighted by atomic mass is 10.1. The monoisotopic (exact) mass is 440 g/mol. The summed E-state index contributed by atoms with van der Waals surface area (Å²) in [5, 5.41) is 6.12. The number of nitrogen functional groups attached to an aromatic ring is 1. The van der Waals surface area contributed by atoms with Gasteiger partial charge in [-0.25, -0.2) is 4.98 Å². The summed E-state index contributed by atoms with van der Waals surface area (Å²) in [5.74, 6) is 1.58. The highest BCUT2D eigenvalue weighted by Crippen LogP contribution is 2.31. The zero-order valence-corrected chi connectivity index (χ0v) is 18.1. The van der Waals surface area contributed by atoms with Crippen molar-refractivity contribution in [2.24, 2.45) is 0 Å². The van der Waals surface area contributed by atoms with Crippen LogP contribution in [0.4, 0.5) is 22.9 Å². The molecule has 7 nitrogen and oxygen atoms in total. The van der Waals surface area contributed by atoms with Gasteiger partial charge in [0.05, 0.1) is 12.8 Å². The second-order valence-corrected chi connectivity index (χ2v) is 7.25. The summed E-state index contributed by atoms with van der Waals surface area (Å²) in [6.45, 7) is -0.110. The molecule has 3 aromatic carbocycles. The van der Waals surface area contributed by atoms with Crippen molar-refractivity contribution < 1.29 is 14.3 Å². The smallest absolute Gasteiger partial charge is 0.262 e. The van der Waals surface area contributed by atoms with Crippen LogP contribution in [0.1, 0.15) is 0 Å². The number of pyridine rings is 1. The number of ether oxygens (including phenoxy) is 2. The number of benzene rings is 3. The molecule has 0 unspecified atom stereocenters. The van der Waals surface area contributed by atoms with Crippen molar-refractivity contribution in [1.82, 2.24) is 4.98 Å². The number of anilines is 4. The molecular formula is C26H24N4O3. The van der Waals surface area contributed by atoms with Gasteiger partial charge in [-0.15, -0.1) is 0 Å². The van der Waals surface area contributed by atoms with Crippen molar-refractivity contribution in [3.05, 3.63) is 91.1 Å². The fraction of sp³-hybridized carbons (Fsp3) is 0.0769. The number of aromatic nitrogens is 1. The second kappa shape index (κ2) is 10.2. The Morgan fingerprint density at radius 2 is 1.76 bits per heavy atom. The van der Waals surface area contributed by atoms with Gasteiger partial charge in [0.15, 0.2) is 6.61 Å². The number of methoxy groups -OCH3 is 1. The molecule has 0 saturated carbocycles. The molecule has 4 rings (SSSR count). The van der Waals surface area contributed by atoms with E-state index in [9.17, 15) is 4.79 Å². The first-order chi connectivity index (χ1) is 16.1. The van der Waals surface area contributed by atoms with Crippen molar-refractivity contribution in [1.29, 1.82) is 0 Å². The van der Waals surface area contributed by atoms with Crippen LogP contribution >= 0.6 is 0 Å². The third-order valence-corrected chi connectivity index (χ3v) is 4.84. The maximum atomic E-state index is 12.5. The lowest BCUT2D eigenvalue weighted by Crippen LogP contribution is -2.20. The van der Waals surface area contributed by atoms with Crippen LogP contribution in [0.2, 0.25) is 0 Å². The Labute approximate surface area is 192 Å². The molecular weight excluding hydrogens is 416 g/mol. The van der Waals surface area contributed by atoms with Crippen molar-refractivity contribution in [2.45, 2.75) is 0 Å². The van der Waals surface area contributed by atoms with Gasteiger partial charge in [0.1, 0.15) is 17.3 Å². The first-order valence-corrected chi connectivity index (χ1v) is 10.4. The summed E-state index contributed by atoms with van der Waals surface area (Å²) < 4.78 is 11.0. The molecule has 0 saturated heterocycles. The van der Waals surface area contributed by atoms with E-state index in [2.05, 4.69) is 15.6 Å². The summed E-state index contributed by atoms with van der Waals surface area (Å²) in [5.41, 5.74) is 9.75. The van der Waals surface area contributed by atoms with Crippen molar-refractivity contribution >= 4 is 28.8 Å². The number of nitrogens with one attached hydrogen (secondary N) is 2. The number of rotatable bonds is 8. The Kier molecular flexibility index (Phi) is 6.70. The number of nitrogens with two attached hydrogens (primary N) is 1. The summed E-state index contributed by atoms with van der Waals surface area (Å²) in [6, 6.07) is 26.1. The standard InChI is InChI=1S/C26H24N4O3/c1-32-24-11-10-18(14-23(24)30-26(31)17-33-22-8-3-2-4-9-22)19-12-13-28-25(15-19)29-21-7-5-6-20(27)16-21/h2-16H,17,27H2,1H3,(H,28,29)(H,30,31). The number of nitrogens with zero attached hydrogens (tertiary/aromatic N) is 1. The van der Waals surface area contributed by atoms with Crippen molar-refractivity contribution in [2.75, 3.05) is 30.1 Å². The molecule has 0 spiro atoms. The zero-order chi connectivity index (χ0) is 23.0. The normalized spacial score (nSPS) is 10.3. The van der Waals surface area contributed by atoms with Gasteiger partial charge in [-0.3, -0.25) is 4.79 Å². The lowest BCUT2D eigenvalue weighted by molar-refractivity contribution is -0.118. The number of amides is 1. The molecule has 0 aliphatic heterocycles. The van der Waals surface area contributed by atoms with Gasteiger partial charge in [0.2, 0.25) is 0 Å². The predicted molar refractivity (Wildman–Crippen MR) is 131 cm³/mol. The van der Waals surface area contributed by atoms with Crippen LogP contribution in [0.5, 0.6) is 11.5 Å². The molecule has 33 heavy (non-hydrogen) atoms. The van der Waals surface area contributed by atoms with Crippen molar-refractivity contribution in [3.8, 4) is 22.6 Å². The largest absolute Gasteiger partial charge is 0.495 e. The summed E-state index contributed by atoms with van der Waals surface area (Å²) in [6.07, 6.45) is 1.72. The van der Waals surface area contributed by atoms with E-state index in [0.717, 1.165) is 16.8 Å². The summed E-state index contributed by atoms with van der Waals surface area (Å²) in [7, 11) is 1.56. The van der Waals surface area contributed by atoms with Gasteiger partial charge in [0.25, 0.3) is 5.91 Å². The third-order valence-electron chi connectivity index (χ3n) is 4.84. The van der Waals surface area contributed by atoms with Crippen LogP contribution in [0.25, 0.3) is 11.1 Å². The summed E-state index contributed by atoms with van der Waals surface area (Å²) in [4.78, 5) is 16.8. The Bertz CT molecular complexity index is 1250. The minimum atomic E-state index is -0.284. The van der Waals surface area contributed by atoms with Crippen LogP contribution < -0.4 is 25.8 Å². The summed E-state index contributed by atoms with van der Waals surface area (Å²) >= 11 is 0. The Balaban J connectivity index is 1.50. The quantitative estimate of drug-likeness (QED) is 0.330. The Morgan fingerprint density at radius 1 is 0.939 bits per heavy atom. The molecule has 166 valence electrons. The number of carbonyl (C=O) groups excluding carboxylic acids is 1. The van der Waals surface area contributed by atoms with E-state index in [1.807, 2.05) is 72.8 Å². The van der Waals surface area contributed by atoms with Crippen LogP contribution in [0, 0.1) is 0 Å². The molecule has 1 amide bonds. The molecule has 1 aromatic heterocycles.